The van der Waals surface area contributed by atoms with Crippen molar-refractivity contribution in [1.82, 2.24) is 0 Å². The van der Waals surface area contributed by atoms with Gasteiger partial charge in [-0.3, -0.25) is 4.79 Å². The second-order valence-electron chi connectivity index (χ2n) is 13.1. The van der Waals surface area contributed by atoms with Crippen LogP contribution in [0.5, 0.6) is 0 Å². The van der Waals surface area contributed by atoms with Crippen molar-refractivity contribution in [1.29, 1.82) is 0 Å². The van der Waals surface area contributed by atoms with Gasteiger partial charge in [-0.2, -0.15) is 0 Å². The Morgan fingerprint density at radius 1 is 1.00 bits per heavy atom. The molecule has 4 saturated carbocycles. The third-order valence-corrected chi connectivity index (χ3v) is 11.8. The van der Waals surface area contributed by atoms with Gasteiger partial charge in [0.15, 0.2) is 5.79 Å². The van der Waals surface area contributed by atoms with E-state index in [9.17, 15) is 15.0 Å². The highest BCUT2D eigenvalue weighted by molar-refractivity contribution is 5.87. The average molecular weight is 447 g/mol. The normalized spacial score (nSPS) is 61.8. The molecule has 32 heavy (non-hydrogen) atoms. The number of rotatable bonds is 0. The summed E-state index contributed by atoms with van der Waals surface area (Å²) in [6, 6.07) is 0. The zero-order valence-electron chi connectivity index (χ0n) is 20.3. The molecule has 5 heteroatoms. The molecule has 2 N–H and O–H groups in total. The minimum atomic E-state index is -0.657. The molecule has 2 aliphatic heterocycles. The molecule has 0 unspecified atom stereocenters. The number of carbonyl (C=O) groups excluding carboxylic acids is 1. The van der Waals surface area contributed by atoms with E-state index in [0.717, 1.165) is 38.7 Å². The first kappa shape index (κ1) is 22.0. The van der Waals surface area contributed by atoms with Gasteiger partial charge in [-0.25, -0.2) is 0 Å². The lowest BCUT2D eigenvalue weighted by Gasteiger charge is -2.61. The SMILES string of the molecule is C[C@@H]1CC[C@@]2(OC1)O[C@H]1C[C@H]3[C@H]4CC[C@H]5C[C@@H](O)[C@H](O)C[C@]5(C)[C@H]4CC(=O)[C@]3(C)[C@H]1[C@@H]2C. The van der Waals surface area contributed by atoms with Gasteiger partial charge in [-0.1, -0.05) is 27.7 Å². The Balaban J connectivity index is 1.30. The van der Waals surface area contributed by atoms with Gasteiger partial charge in [0.2, 0.25) is 0 Å². The van der Waals surface area contributed by atoms with Crippen LogP contribution in [0.4, 0.5) is 0 Å². The molecule has 6 rings (SSSR count). The standard InChI is InChI=1S/C27H42O5/c1-14-7-8-27(31-13-14)15(2)24-22(32-27)10-19-17-6-5-16-9-20(28)21(29)12-25(16,3)18(17)11-23(30)26(19,24)4/h14-22,24,28-29H,5-13H2,1-4H3/t14-,15+,16+,17+,18+,19+,20-,21-,22+,24+,25+,26-,27-/m1/s1. The van der Waals surface area contributed by atoms with Crippen molar-refractivity contribution in [2.45, 2.75) is 103 Å². The maximum absolute atomic E-state index is 14.0. The van der Waals surface area contributed by atoms with Gasteiger partial charge in [0.1, 0.15) is 5.78 Å². The number of aliphatic hydroxyl groups excluding tert-OH is 2. The van der Waals surface area contributed by atoms with Crippen LogP contribution in [0.1, 0.15) is 79.1 Å². The van der Waals surface area contributed by atoms with Crippen LogP contribution in [0.3, 0.4) is 0 Å². The summed E-state index contributed by atoms with van der Waals surface area (Å²) in [7, 11) is 0. The first-order valence-corrected chi connectivity index (χ1v) is 13.3. The molecule has 2 saturated heterocycles. The maximum Gasteiger partial charge on any atom is 0.171 e. The van der Waals surface area contributed by atoms with E-state index in [-0.39, 0.29) is 28.8 Å². The van der Waals surface area contributed by atoms with E-state index in [1.165, 1.54) is 0 Å². The number of hydrogen-bond acceptors (Lipinski definition) is 5. The van der Waals surface area contributed by atoms with Crippen LogP contribution >= 0.6 is 0 Å². The van der Waals surface area contributed by atoms with Crippen molar-refractivity contribution in [3.05, 3.63) is 0 Å². The summed E-state index contributed by atoms with van der Waals surface area (Å²) in [5, 5.41) is 20.8. The molecule has 0 aromatic carbocycles. The Kier molecular flexibility index (Phi) is 4.83. The van der Waals surface area contributed by atoms with Crippen molar-refractivity contribution >= 4 is 5.78 Å². The first-order valence-electron chi connectivity index (χ1n) is 13.3. The molecule has 6 fully saturated rings. The fraction of sp³-hybridized carbons (Fsp3) is 0.963. The minimum absolute atomic E-state index is 0.0490. The highest BCUT2D eigenvalue weighted by atomic mass is 16.7. The topological polar surface area (TPSA) is 76.0 Å². The molecule has 13 atom stereocenters. The lowest BCUT2D eigenvalue weighted by molar-refractivity contribution is -0.272. The number of fused-ring (bicyclic) bond motifs is 7. The van der Waals surface area contributed by atoms with Crippen molar-refractivity contribution in [3.8, 4) is 0 Å². The lowest BCUT2D eigenvalue weighted by Crippen LogP contribution is -2.59. The minimum Gasteiger partial charge on any atom is -0.390 e. The molecule has 180 valence electrons. The Labute approximate surface area is 192 Å². The molecule has 2 heterocycles. The highest BCUT2D eigenvalue weighted by Crippen LogP contribution is 2.70. The zero-order valence-corrected chi connectivity index (χ0v) is 20.3. The largest absolute Gasteiger partial charge is 0.390 e. The second-order valence-corrected chi connectivity index (χ2v) is 13.1. The Hall–Kier alpha value is -0.490. The first-order chi connectivity index (χ1) is 15.1. The van der Waals surface area contributed by atoms with Crippen LogP contribution in [-0.2, 0) is 14.3 Å². The Bertz CT molecular complexity index is 789. The summed E-state index contributed by atoms with van der Waals surface area (Å²) >= 11 is 0. The van der Waals surface area contributed by atoms with E-state index in [0.29, 0.717) is 54.6 Å². The summed E-state index contributed by atoms with van der Waals surface area (Å²) < 4.78 is 13.2. The smallest absolute Gasteiger partial charge is 0.171 e. The summed E-state index contributed by atoms with van der Waals surface area (Å²) in [5.74, 6) is 2.64. The monoisotopic (exact) mass is 446 g/mol. The van der Waals surface area contributed by atoms with E-state index in [1.807, 2.05) is 0 Å². The van der Waals surface area contributed by atoms with Crippen LogP contribution in [0.25, 0.3) is 0 Å². The molecular formula is C27H42O5. The van der Waals surface area contributed by atoms with Gasteiger partial charge < -0.3 is 19.7 Å². The molecule has 0 bridgehead atoms. The van der Waals surface area contributed by atoms with Crippen molar-refractivity contribution in [2.24, 2.45) is 52.3 Å². The fourth-order valence-electron chi connectivity index (χ4n) is 9.97. The summed E-state index contributed by atoms with van der Waals surface area (Å²) in [4.78, 5) is 14.0. The lowest BCUT2D eigenvalue weighted by atomic mass is 9.43. The van der Waals surface area contributed by atoms with Crippen LogP contribution in [-0.4, -0.2) is 46.7 Å². The molecule has 0 radical (unpaired) electrons. The van der Waals surface area contributed by atoms with E-state index < -0.39 is 18.0 Å². The zero-order chi connectivity index (χ0) is 22.6. The number of aliphatic hydroxyl groups is 2. The quantitative estimate of drug-likeness (QED) is 0.589. The Morgan fingerprint density at radius 2 is 1.78 bits per heavy atom. The van der Waals surface area contributed by atoms with Gasteiger partial charge in [-0.15, -0.1) is 0 Å². The third kappa shape index (κ3) is 2.69. The predicted octanol–water partition coefficient (Wildman–Crippen LogP) is 3.94. The number of carbonyl (C=O) groups is 1. The van der Waals surface area contributed by atoms with Crippen LogP contribution in [0, 0.1) is 52.3 Å². The number of Topliss-reactive ketones (excluding diaryl/α,β-unsaturated/α-hetero) is 1. The van der Waals surface area contributed by atoms with Gasteiger partial charge >= 0.3 is 0 Å². The molecule has 5 nitrogen and oxygen atoms in total. The van der Waals surface area contributed by atoms with Gasteiger partial charge in [0, 0.05) is 30.1 Å². The highest BCUT2D eigenvalue weighted by Gasteiger charge is 2.71. The summed E-state index contributed by atoms with van der Waals surface area (Å²) in [6.45, 7) is 9.86. The molecule has 0 amide bonds. The van der Waals surface area contributed by atoms with Crippen LogP contribution < -0.4 is 0 Å². The molecule has 6 aliphatic rings. The molecule has 0 aromatic rings. The fourth-order valence-corrected chi connectivity index (χ4v) is 9.97. The number of ketones is 1. The summed E-state index contributed by atoms with van der Waals surface area (Å²) in [6.07, 6.45) is 6.12. The molecule has 1 spiro atoms. The maximum atomic E-state index is 14.0. The molecule has 4 aliphatic carbocycles. The number of hydrogen-bond donors (Lipinski definition) is 2. The molecule has 0 aromatic heterocycles. The van der Waals surface area contributed by atoms with Crippen molar-refractivity contribution < 1.29 is 24.5 Å². The van der Waals surface area contributed by atoms with Crippen LogP contribution in [0.2, 0.25) is 0 Å². The second kappa shape index (κ2) is 7.02. The van der Waals surface area contributed by atoms with E-state index >= 15 is 0 Å². The van der Waals surface area contributed by atoms with E-state index in [1.54, 1.807) is 0 Å². The Morgan fingerprint density at radius 3 is 2.50 bits per heavy atom. The van der Waals surface area contributed by atoms with Crippen molar-refractivity contribution in [3.63, 3.8) is 0 Å². The van der Waals surface area contributed by atoms with Crippen LogP contribution in [0.15, 0.2) is 0 Å². The van der Waals surface area contributed by atoms with E-state index in [4.69, 9.17) is 9.47 Å². The predicted molar refractivity (Wildman–Crippen MR) is 120 cm³/mol. The van der Waals surface area contributed by atoms with Gasteiger partial charge in [0.05, 0.1) is 24.9 Å². The van der Waals surface area contributed by atoms with Gasteiger partial charge in [0.25, 0.3) is 0 Å². The summed E-state index contributed by atoms with van der Waals surface area (Å²) in [5.41, 5.74) is -0.371. The third-order valence-electron chi connectivity index (χ3n) is 11.8. The van der Waals surface area contributed by atoms with Crippen molar-refractivity contribution in [2.75, 3.05) is 6.61 Å². The average Bonchev–Trinajstić information content (AvgIpc) is 3.19. The number of ether oxygens (including phenoxy) is 2. The molecular weight excluding hydrogens is 404 g/mol. The van der Waals surface area contributed by atoms with Gasteiger partial charge in [-0.05, 0) is 73.5 Å². The van der Waals surface area contributed by atoms with E-state index in [2.05, 4.69) is 27.7 Å².